The molecule has 90 valence electrons. The van der Waals surface area contributed by atoms with E-state index in [1.54, 1.807) is 12.2 Å². The van der Waals surface area contributed by atoms with Crippen LogP contribution in [0.5, 0.6) is 0 Å². The van der Waals surface area contributed by atoms with Gasteiger partial charge in [0.2, 0.25) is 0 Å². The zero-order valence-corrected chi connectivity index (χ0v) is 8.96. The Kier molecular flexibility index (Phi) is 7.92. The Labute approximate surface area is 93.7 Å². The summed E-state index contributed by atoms with van der Waals surface area (Å²) < 4.78 is 4.82. The molecule has 0 rings (SSSR count). The number of aliphatic hydroxyl groups excluding tert-OH is 1. The summed E-state index contributed by atoms with van der Waals surface area (Å²) in [5.41, 5.74) is 5.48. The van der Waals surface area contributed by atoms with E-state index in [1.807, 2.05) is 0 Å². The second-order valence-electron chi connectivity index (χ2n) is 3.16. The third kappa shape index (κ3) is 7.84. The van der Waals surface area contributed by atoms with Gasteiger partial charge in [-0.25, -0.2) is 0 Å². The van der Waals surface area contributed by atoms with Gasteiger partial charge in [-0.2, -0.15) is 0 Å². The maximum atomic E-state index is 10.5. The van der Waals surface area contributed by atoms with Crippen molar-refractivity contribution in [1.29, 1.82) is 0 Å². The molecule has 1 unspecified atom stereocenters. The van der Waals surface area contributed by atoms with Crippen molar-refractivity contribution in [3.05, 3.63) is 29.4 Å². The van der Waals surface area contributed by atoms with Gasteiger partial charge in [-0.05, 0) is 18.9 Å². The largest absolute Gasteiger partial charge is 0.484 e. The lowest BCUT2D eigenvalue weighted by atomic mass is 10.2. The molecule has 0 bridgehead atoms. The number of nitrogens with zero attached hydrogens (tertiary/aromatic N) is 1. The molecule has 1 atom stereocenters. The second kappa shape index (κ2) is 8.75. The number of allylic oxidation sites excluding steroid dienone is 2. The number of aliphatic hydroxyl groups is 1. The van der Waals surface area contributed by atoms with Crippen LogP contribution in [0.3, 0.4) is 0 Å². The van der Waals surface area contributed by atoms with Gasteiger partial charge in [-0.15, -0.1) is 4.91 Å². The van der Waals surface area contributed by atoms with Gasteiger partial charge in [0.25, 0.3) is 0 Å². The van der Waals surface area contributed by atoms with E-state index in [-0.39, 0.29) is 18.4 Å². The quantitative estimate of drug-likeness (QED) is 0.357. The first-order chi connectivity index (χ1) is 7.60. The highest BCUT2D eigenvalue weighted by Gasteiger charge is 2.01. The Hall–Kier alpha value is -1.53. The minimum absolute atomic E-state index is 0.0508. The fourth-order valence-corrected chi connectivity index (χ4v) is 0.845. The number of ether oxygens (including phenoxy) is 1. The van der Waals surface area contributed by atoms with Crippen LogP contribution in [0.1, 0.15) is 12.8 Å². The van der Waals surface area contributed by atoms with E-state index in [9.17, 15) is 9.70 Å². The lowest BCUT2D eigenvalue weighted by molar-refractivity contribution is -0.121. The van der Waals surface area contributed by atoms with Crippen LogP contribution >= 0.6 is 0 Å². The molecule has 0 aliphatic carbocycles. The molecule has 0 aromatic rings. The lowest BCUT2D eigenvalue weighted by Crippen LogP contribution is -2.23. The van der Waals surface area contributed by atoms with Gasteiger partial charge >= 0.3 is 5.91 Å². The summed E-state index contributed by atoms with van der Waals surface area (Å²) in [7, 11) is 0. The maximum Gasteiger partial charge on any atom is 0.323 e. The lowest BCUT2D eigenvalue weighted by Gasteiger charge is -2.04. The highest BCUT2D eigenvalue weighted by molar-refractivity contribution is 5.77. The average molecular weight is 228 g/mol. The fourth-order valence-electron chi connectivity index (χ4n) is 0.845. The van der Waals surface area contributed by atoms with E-state index in [0.29, 0.717) is 12.8 Å². The molecule has 6 heteroatoms. The van der Waals surface area contributed by atoms with E-state index in [1.165, 1.54) is 0 Å². The predicted molar refractivity (Wildman–Crippen MR) is 59.3 cm³/mol. The number of carbonyl (C=O) groups is 1. The minimum Gasteiger partial charge on any atom is -0.484 e. The van der Waals surface area contributed by atoms with Crippen LogP contribution in [-0.2, 0) is 9.53 Å². The molecule has 0 aromatic heterocycles. The van der Waals surface area contributed by atoms with E-state index in [2.05, 4.69) is 11.8 Å². The number of nitroso groups, excluding NO2 is 1. The molecule has 0 aliphatic heterocycles. The van der Waals surface area contributed by atoms with Gasteiger partial charge in [-0.1, -0.05) is 12.7 Å². The molecule has 0 fully saturated rings. The highest BCUT2D eigenvalue weighted by Crippen LogP contribution is 2.00. The molecule has 6 nitrogen and oxygen atoms in total. The summed E-state index contributed by atoms with van der Waals surface area (Å²) in [5, 5.41) is 10.8. The first kappa shape index (κ1) is 14.5. The zero-order chi connectivity index (χ0) is 12.4. The van der Waals surface area contributed by atoms with Gasteiger partial charge in [0, 0.05) is 11.2 Å². The predicted octanol–water partition coefficient (Wildman–Crippen LogP) is 0.466. The average Bonchev–Trinajstić information content (AvgIpc) is 2.31. The van der Waals surface area contributed by atoms with Gasteiger partial charge in [0.15, 0.2) is 6.61 Å². The number of nitrogens with two attached hydrogens (primary N) is 1. The van der Waals surface area contributed by atoms with Crippen LogP contribution in [0.15, 0.2) is 29.7 Å². The summed E-state index contributed by atoms with van der Waals surface area (Å²) >= 11 is 0. The SMILES string of the molecule is C=C(C=CCCC(N)CO)OCC(=O)N=O. The van der Waals surface area contributed by atoms with Crippen molar-refractivity contribution in [1.82, 2.24) is 0 Å². The van der Waals surface area contributed by atoms with Crippen molar-refractivity contribution in [2.24, 2.45) is 10.9 Å². The van der Waals surface area contributed by atoms with Gasteiger partial charge in [-0.3, -0.25) is 4.79 Å². The second-order valence-corrected chi connectivity index (χ2v) is 3.16. The van der Waals surface area contributed by atoms with Gasteiger partial charge in [0.05, 0.1) is 6.61 Å². The number of amides is 1. The summed E-state index contributed by atoms with van der Waals surface area (Å²) in [6.07, 6.45) is 4.65. The third-order valence-electron chi connectivity index (χ3n) is 1.73. The molecule has 16 heavy (non-hydrogen) atoms. The summed E-state index contributed by atoms with van der Waals surface area (Å²) in [5.74, 6) is -0.605. The minimum atomic E-state index is -0.878. The van der Waals surface area contributed by atoms with E-state index in [0.717, 1.165) is 0 Å². The van der Waals surface area contributed by atoms with Crippen molar-refractivity contribution >= 4 is 5.91 Å². The third-order valence-corrected chi connectivity index (χ3v) is 1.73. The molecule has 0 heterocycles. The van der Waals surface area contributed by atoms with Crippen molar-refractivity contribution in [2.75, 3.05) is 13.2 Å². The van der Waals surface area contributed by atoms with Crippen LogP contribution < -0.4 is 5.73 Å². The van der Waals surface area contributed by atoms with Crippen LogP contribution in [-0.4, -0.2) is 30.3 Å². The smallest absolute Gasteiger partial charge is 0.323 e. The van der Waals surface area contributed by atoms with Crippen LogP contribution in [0.2, 0.25) is 0 Å². The van der Waals surface area contributed by atoms with E-state index < -0.39 is 12.5 Å². The Balaban J connectivity index is 3.66. The molecular formula is C10H16N2O4. The number of rotatable bonds is 8. The topological polar surface area (TPSA) is 102 Å². The Morgan fingerprint density at radius 2 is 2.31 bits per heavy atom. The summed E-state index contributed by atoms with van der Waals surface area (Å²) in [4.78, 5) is 20.2. The van der Waals surface area contributed by atoms with Crippen molar-refractivity contribution in [3.63, 3.8) is 0 Å². The Morgan fingerprint density at radius 1 is 1.62 bits per heavy atom. The number of hydrogen-bond donors (Lipinski definition) is 2. The number of carbonyl (C=O) groups excluding carboxylic acids is 1. The molecule has 1 amide bonds. The molecular weight excluding hydrogens is 212 g/mol. The molecule has 0 saturated heterocycles. The molecule has 0 radical (unpaired) electrons. The van der Waals surface area contributed by atoms with Crippen LogP contribution in [0, 0.1) is 4.91 Å². The van der Waals surface area contributed by atoms with Crippen molar-refractivity contribution in [2.45, 2.75) is 18.9 Å². The first-order valence-corrected chi connectivity index (χ1v) is 4.81. The van der Waals surface area contributed by atoms with Crippen LogP contribution in [0.4, 0.5) is 0 Å². The normalized spacial score (nSPS) is 12.4. The van der Waals surface area contributed by atoms with Gasteiger partial charge < -0.3 is 15.6 Å². The standard InChI is InChI=1S/C10H16N2O4/c1-8(16-7-10(14)12-15)4-2-3-5-9(11)6-13/h2,4,9,13H,1,3,5-7,11H2. The van der Waals surface area contributed by atoms with Gasteiger partial charge in [0.1, 0.15) is 5.76 Å². The van der Waals surface area contributed by atoms with E-state index in [4.69, 9.17) is 15.6 Å². The Morgan fingerprint density at radius 3 is 2.88 bits per heavy atom. The molecule has 3 N–H and O–H groups in total. The summed E-state index contributed by atoms with van der Waals surface area (Å²) in [6.45, 7) is 3.06. The Bertz CT molecular complexity index is 276. The van der Waals surface area contributed by atoms with Crippen molar-refractivity contribution in [3.8, 4) is 0 Å². The van der Waals surface area contributed by atoms with Crippen LogP contribution in [0.25, 0.3) is 0 Å². The fraction of sp³-hybridized carbons (Fsp3) is 0.500. The zero-order valence-electron chi connectivity index (χ0n) is 8.96. The number of hydrogen-bond acceptors (Lipinski definition) is 5. The molecule has 0 aromatic carbocycles. The maximum absolute atomic E-state index is 10.5. The monoisotopic (exact) mass is 228 g/mol. The highest BCUT2D eigenvalue weighted by atomic mass is 16.5. The van der Waals surface area contributed by atoms with E-state index >= 15 is 0 Å². The molecule has 0 aliphatic rings. The first-order valence-electron chi connectivity index (χ1n) is 4.81. The molecule has 0 spiro atoms. The molecule has 0 saturated carbocycles. The summed E-state index contributed by atoms with van der Waals surface area (Å²) in [6, 6.07) is -0.236. The van der Waals surface area contributed by atoms with Crippen molar-refractivity contribution < 1.29 is 14.6 Å².